The number of aryl methyl sites for hydroxylation is 2. The second-order valence-corrected chi connectivity index (χ2v) is 24.5. The van der Waals surface area contributed by atoms with Crippen LogP contribution in [0.25, 0.3) is 31.4 Å². The van der Waals surface area contributed by atoms with Crippen molar-refractivity contribution in [3.8, 4) is 6.07 Å². The molecule has 22 nitrogen and oxygen atoms in total. The summed E-state index contributed by atoms with van der Waals surface area (Å²) < 4.78 is 63.6. The van der Waals surface area contributed by atoms with Crippen molar-refractivity contribution in [1.29, 1.82) is 5.26 Å². The van der Waals surface area contributed by atoms with E-state index in [9.17, 15) is 22.1 Å². The fourth-order valence-electron chi connectivity index (χ4n) is 7.57. The number of sulfonamides is 2. The van der Waals surface area contributed by atoms with Crippen LogP contribution in [-0.4, -0.2) is 61.7 Å². The molecule has 0 unspecified atom stereocenters. The van der Waals surface area contributed by atoms with Gasteiger partial charge < -0.3 is 19.6 Å². The standard InChI is InChI=1S/C25H29N9O2S.C25H27N9O2S.Cu/c1-24(2,3)20-18(26-7)22(31-29-20)30-28-19-21(25(4,5)6)32-34(8)23(19)33-37(35,36)16-13-9-11-15-12-10-14-27-17(15)16;1-24(2,3)20-16(14-26)22(31-29-20)30-28-19-21(25(4,5)6)32-34(7)23(19)33-37(35,36)17-12-8-10-15-11-9-13-27-18(15)17;/h9-14,33H,1-6,8H3,(H,29,31);8-13H,1-7H3;/q;-2;+2. The molecular weight excluding hydrogens is 1040 g/mol. The summed E-state index contributed by atoms with van der Waals surface area (Å²) in [4.78, 5) is 12.1. The predicted octanol–water partition coefficient (Wildman–Crippen LogP) is 11.6. The van der Waals surface area contributed by atoms with Gasteiger partial charge in [-0.3, -0.25) is 35.1 Å². The van der Waals surface area contributed by atoms with Crippen LogP contribution in [0.2, 0.25) is 0 Å². The van der Waals surface area contributed by atoms with E-state index in [1.54, 1.807) is 68.8 Å². The summed E-state index contributed by atoms with van der Waals surface area (Å²) >= 11 is 0. The van der Waals surface area contributed by atoms with Crippen LogP contribution in [0.4, 0.5) is 40.3 Å². The third-order valence-corrected chi connectivity index (χ3v) is 13.9. The molecule has 0 amide bonds. The van der Waals surface area contributed by atoms with Gasteiger partial charge in [-0.1, -0.05) is 119 Å². The number of rotatable bonds is 10. The number of pyridine rings is 2. The number of para-hydroxylation sites is 2. The van der Waals surface area contributed by atoms with Gasteiger partial charge >= 0.3 is 17.1 Å². The SMILES string of the molecule is Cn1nc(C(C)(C)C)c(N=Nc2[n-]nc(C(C)(C)C)c2C#N)c1[N-]S(=O)(=O)c1cccc2cccnc12.[C-]#[N+]c1c(N=Nc2c(C(C)(C)C)nn(C)c2NS(=O)(=O)c2cccc3cccnc23)n[nH]c1C(C)(C)C.[Cu+2]. The molecule has 2 aromatic carbocycles. The molecule has 2 N–H and O–H groups in total. The number of nitrogens with zero attached hydrogens (tertiary/aromatic N) is 16. The Morgan fingerprint density at radius 2 is 1.23 bits per heavy atom. The molecule has 8 aromatic rings. The van der Waals surface area contributed by atoms with E-state index in [1.165, 1.54) is 27.7 Å². The summed E-state index contributed by atoms with van der Waals surface area (Å²) in [5.41, 5.74) is 1.94. The molecule has 0 saturated heterocycles. The number of fused-ring (bicyclic) bond motifs is 2. The van der Waals surface area contributed by atoms with Gasteiger partial charge in [0.15, 0.2) is 11.5 Å². The van der Waals surface area contributed by atoms with E-state index in [0.717, 1.165) is 0 Å². The summed E-state index contributed by atoms with van der Waals surface area (Å²) in [6, 6.07) is 19.0. The van der Waals surface area contributed by atoms with Gasteiger partial charge in [-0.15, -0.1) is 10.2 Å². The zero-order valence-electron chi connectivity index (χ0n) is 43.8. The Morgan fingerprint density at radius 3 is 1.77 bits per heavy atom. The largest absolute Gasteiger partial charge is 2.00 e. The van der Waals surface area contributed by atoms with Crippen LogP contribution in [-0.2, 0) is 72.9 Å². The molecule has 0 aliphatic rings. The van der Waals surface area contributed by atoms with Gasteiger partial charge in [0.25, 0.3) is 15.7 Å². The number of nitriles is 1. The van der Waals surface area contributed by atoms with E-state index < -0.39 is 36.3 Å². The number of aromatic nitrogens is 10. The van der Waals surface area contributed by atoms with Crippen LogP contribution in [0, 0.1) is 17.9 Å². The molecule has 6 aromatic heterocycles. The third-order valence-electron chi connectivity index (χ3n) is 11.2. The van der Waals surface area contributed by atoms with Crippen LogP contribution in [0.5, 0.6) is 0 Å². The van der Waals surface area contributed by atoms with Crippen molar-refractivity contribution in [1.82, 2.24) is 49.9 Å². The third kappa shape index (κ3) is 11.8. The average Bonchev–Trinajstić information content (AvgIpc) is 4.10. The number of anilines is 1. The van der Waals surface area contributed by atoms with Crippen LogP contribution in [0.1, 0.15) is 111 Å². The Bertz CT molecular complexity index is 3570. The molecule has 0 saturated carbocycles. The first-order valence-corrected chi connectivity index (χ1v) is 26.0. The molecule has 393 valence electrons. The first-order valence-electron chi connectivity index (χ1n) is 23.0. The molecule has 0 spiro atoms. The van der Waals surface area contributed by atoms with Crippen molar-refractivity contribution in [2.24, 2.45) is 34.6 Å². The Hall–Kier alpha value is -7.70. The monoisotopic (exact) mass is 1100 g/mol. The van der Waals surface area contributed by atoms with Gasteiger partial charge in [-0.25, -0.2) is 26.4 Å². The van der Waals surface area contributed by atoms with Crippen LogP contribution in [0.15, 0.2) is 103 Å². The summed E-state index contributed by atoms with van der Waals surface area (Å²) in [7, 11) is -5.06. The number of H-pyrrole nitrogens is 1. The maximum Gasteiger partial charge on any atom is 2.00 e. The summed E-state index contributed by atoms with van der Waals surface area (Å²) in [6.45, 7) is 30.8. The molecule has 1 radical (unpaired) electrons. The zero-order valence-corrected chi connectivity index (χ0v) is 46.4. The molecule has 0 fully saturated rings. The van der Waals surface area contributed by atoms with Crippen molar-refractivity contribution in [2.45, 2.75) is 115 Å². The van der Waals surface area contributed by atoms with Gasteiger partial charge in [0.1, 0.15) is 11.0 Å². The van der Waals surface area contributed by atoms with Crippen molar-refractivity contribution < 1.29 is 33.9 Å². The van der Waals surface area contributed by atoms with Gasteiger partial charge in [-0.05, 0) is 48.4 Å². The van der Waals surface area contributed by atoms with Gasteiger partial charge in [0.2, 0.25) is 15.8 Å². The fourth-order valence-corrected chi connectivity index (χ4v) is 10.0. The van der Waals surface area contributed by atoms with Gasteiger partial charge in [0.05, 0.1) is 50.8 Å². The molecule has 25 heteroatoms. The van der Waals surface area contributed by atoms with Crippen molar-refractivity contribution >= 4 is 82.2 Å². The average molecular weight is 1100 g/mol. The second kappa shape index (κ2) is 20.9. The molecular formula is C50H56CuN18O4S2. The number of hydrogen-bond donors (Lipinski definition) is 2. The summed E-state index contributed by atoms with van der Waals surface area (Å²) in [5, 5.41) is 52.5. The first kappa shape index (κ1) is 56.6. The Kier molecular flexibility index (Phi) is 15.8. The fraction of sp³-hybridized carbons (Fsp3) is 0.360. The molecule has 0 bridgehead atoms. The summed E-state index contributed by atoms with van der Waals surface area (Å²) in [5.74, 6) is 0.298. The smallest absolute Gasteiger partial charge is 0.377 e. The Morgan fingerprint density at radius 1 is 0.707 bits per heavy atom. The number of hydrogen-bond acceptors (Lipinski definition) is 15. The topological polar surface area (TPSA) is 289 Å². The van der Waals surface area contributed by atoms with E-state index in [2.05, 4.69) is 81.4 Å². The number of aromatic amines is 1. The van der Waals surface area contributed by atoms with Gasteiger partial charge in [0, 0.05) is 52.2 Å². The van der Waals surface area contributed by atoms with Gasteiger partial charge in [-0.2, -0.15) is 15.5 Å². The molecule has 0 aliphatic carbocycles. The normalized spacial score (nSPS) is 12.6. The van der Waals surface area contributed by atoms with Crippen molar-refractivity contribution in [3.63, 3.8) is 0 Å². The summed E-state index contributed by atoms with van der Waals surface area (Å²) in [6.07, 6.45) is 3.08. The van der Waals surface area contributed by atoms with E-state index in [0.29, 0.717) is 44.6 Å². The minimum absolute atomic E-state index is 0. The maximum absolute atomic E-state index is 13.5. The minimum Gasteiger partial charge on any atom is -0.377 e. The van der Waals surface area contributed by atoms with E-state index in [1.807, 2.05) is 83.1 Å². The first-order chi connectivity index (χ1) is 34.5. The van der Waals surface area contributed by atoms with Crippen molar-refractivity contribution in [2.75, 3.05) is 4.72 Å². The molecule has 8 rings (SSSR count). The molecule has 6 heterocycles. The molecule has 75 heavy (non-hydrogen) atoms. The number of azo groups is 2. The van der Waals surface area contributed by atoms with Crippen LogP contribution >= 0.6 is 0 Å². The predicted molar refractivity (Wildman–Crippen MR) is 281 cm³/mol. The van der Waals surface area contributed by atoms with E-state index in [4.69, 9.17) is 6.57 Å². The molecule has 0 atom stereocenters. The molecule has 0 aliphatic heterocycles. The minimum atomic E-state index is -4.21. The zero-order chi connectivity index (χ0) is 54.3. The van der Waals surface area contributed by atoms with Crippen LogP contribution in [0.3, 0.4) is 0 Å². The number of nitrogens with one attached hydrogen (secondary N) is 2. The van der Waals surface area contributed by atoms with E-state index in [-0.39, 0.29) is 78.2 Å². The quantitative estimate of drug-likeness (QED) is 0.0734. The Labute approximate surface area is 446 Å². The maximum atomic E-state index is 13.5. The van der Waals surface area contributed by atoms with Crippen LogP contribution < -0.4 is 9.82 Å². The van der Waals surface area contributed by atoms with E-state index >= 15 is 0 Å². The Balaban J connectivity index is 0.000000241. The second-order valence-electron chi connectivity index (χ2n) is 21.3. The van der Waals surface area contributed by atoms with Crippen molar-refractivity contribution in [3.05, 3.63) is 118 Å². The number of benzene rings is 2.